The number of carbonyl (C=O) groups excluding carboxylic acids is 2. The molecule has 2 heterocycles. The molecule has 3 fully saturated rings. The van der Waals surface area contributed by atoms with Crippen LogP contribution in [0.25, 0.3) is 0 Å². The maximum Gasteiger partial charge on any atom is 0.332 e. The van der Waals surface area contributed by atoms with Gasteiger partial charge in [-0.15, -0.1) is 47.0 Å². The number of Topliss-reactive ketones (excluding diaryl/α,β-unsaturated/α-hetero) is 1. The fourth-order valence-corrected chi connectivity index (χ4v) is 9.52. The first-order chi connectivity index (χ1) is 13.0. The smallest absolute Gasteiger partial charge is 0.332 e. The molecule has 5 nitrogen and oxygen atoms in total. The molecular formula is C18H24N2O3S4. The molecule has 3 aliphatic rings. The molecule has 27 heavy (non-hydrogen) atoms. The quantitative estimate of drug-likeness (QED) is 0.459. The minimum Gasteiger partial charge on any atom is -0.464 e. The monoisotopic (exact) mass is 444 g/mol. The molecule has 148 valence electrons. The Morgan fingerprint density at radius 3 is 2.33 bits per heavy atom. The zero-order valence-corrected chi connectivity index (χ0v) is 18.7. The number of nitrogens with zero attached hydrogens (tertiary/aromatic N) is 2. The number of hydrogen-bond donors (Lipinski definition) is 0. The van der Waals surface area contributed by atoms with Crippen LogP contribution in [0.1, 0.15) is 39.0 Å². The fourth-order valence-electron chi connectivity index (χ4n) is 3.18. The van der Waals surface area contributed by atoms with Gasteiger partial charge < -0.3 is 4.74 Å². The van der Waals surface area contributed by atoms with Crippen LogP contribution in [0.5, 0.6) is 0 Å². The van der Waals surface area contributed by atoms with E-state index in [0.717, 1.165) is 48.7 Å². The molecule has 0 aromatic carbocycles. The van der Waals surface area contributed by atoms with E-state index in [0.29, 0.717) is 13.0 Å². The molecule has 9 heteroatoms. The van der Waals surface area contributed by atoms with Gasteiger partial charge in [0.15, 0.2) is 9.86 Å². The lowest BCUT2D eigenvalue weighted by Crippen LogP contribution is -2.31. The van der Waals surface area contributed by atoms with Crippen molar-refractivity contribution in [3.8, 4) is 12.1 Å². The topological polar surface area (TPSA) is 90.9 Å². The number of unbranched alkanes of at least 4 members (excludes halogenated alkanes) is 1. The van der Waals surface area contributed by atoms with E-state index in [-0.39, 0.29) is 21.7 Å². The number of rotatable bonds is 5. The summed E-state index contributed by atoms with van der Waals surface area (Å²) in [4.78, 5) is 23.5. The standard InChI is InChI=1S/C10H15NO2S2.C8H9NOS2/c1-2-13-9(12)10(5-3-4-6-11)14-7-8-15-10;9-5-6-1-2-8(7(6)10)11-3-4-12-8/h2-5,7-8H2,1H3;6H,1-4H2. The fraction of sp³-hybridized carbons (Fsp3) is 0.778. The Kier molecular flexibility index (Phi) is 9.21. The highest BCUT2D eigenvalue weighted by atomic mass is 32.2. The predicted octanol–water partition coefficient (Wildman–Crippen LogP) is 4.09. The van der Waals surface area contributed by atoms with Crippen LogP contribution >= 0.6 is 47.0 Å². The van der Waals surface area contributed by atoms with Gasteiger partial charge in [0.05, 0.1) is 18.7 Å². The van der Waals surface area contributed by atoms with Gasteiger partial charge in [-0.3, -0.25) is 4.79 Å². The Morgan fingerprint density at radius 2 is 1.81 bits per heavy atom. The highest BCUT2D eigenvalue weighted by molar-refractivity contribution is 8.22. The molecule has 1 spiro atoms. The van der Waals surface area contributed by atoms with Crippen molar-refractivity contribution in [1.29, 1.82) is 10.5 Å². The van der Waals surface area contributed by atoms with E-state index < -0.39 is 4.08 Å². The van der Waals surface area contributed by atoms with Gasteiger partial charge in [-0.2, -0.15) is 10.5 Å². The first-order valence-electron chi connectivity index (χ1n) is 9.07. The normalized spacial score (nSPS) is 24.7. The number of nitriles is 2. The van der Waals surface area contributed by atoms with Crippen LogP contribution in [0.3, 0.4) is 0 Å². The van der Waals surface area contributed by atoms with Crippen LogP contribution in [0, 0.1) is 28.6 Å². The Labute approximate surface area is 178 Å². The number of carbonyl (C=O) groups is 2. The summed E-state index contributed by atoms with van der Waals surface area (Å²) in [7, 11) is 0. The van der Waals surface area contributed by atoms with Crippen molar-refractivity contribution in [3.63, 3.8) is 0 Å². The lowest BCUT2D eigenvalue weighted by atomic mass is 10.1. The zero-order chi connectivity index (χ0) is 19.8. The molecule has 0 aromatic heterocycles. The molecule has 1 unspecified atom stereocenters. The van der Waals surface area contributed by atoms with Crippen molar-refractivity contribution in [2.24, 2.45) is 5.92 Å². The molecule has 0 N–H and O–H groups in total. The second-order valence-electron chi connectivity index (χ2n) is 6.22. The van der Waals surface area contributed by atoms with Gasteiger partial charge in [0.2, 0.25) is 0 Å². The Morgan fingerprint density at radius 1 is 1.19 bits per heavy atom. The molecule has 1 aliphatic carbocycles. The van der Waals surface area contributed by atoms with Crippen molar-refractivity contribution in [3.05, 3.63) is 0 Å². The first kappa shape index (κ1) is 22.8. The highest BCUT2D eigenvalue weighted by Gasteiger charge is 2.50. The molecule has 3 rings (SSSR count). The van der Waals surface area contributed by atoms with Gasteiger partial charge in [-0.05, 0) is 32.6 Å². The van der Waals surface area contributed by atoms with Crippen LogP contribution in [-0.4, -0.2) is 49.5 Å². The maximum absolute atomic E-state index is 11.8. The summed E-state index contributed by atoms with van der Waals surface area (Å²) in [5.74, 6) is 3.87. The van der Waals surface area contributed by atoms with E-state index in [1.165, 1.54) is 0 Å². The summed E-state index contributed by atoms with van der Waals surface area (Å²) < 4.78 is 4.46. The lowest BCUT2D eigenvalue weighted by Gasteiger charge is -2.24. The molecule has 0 radical (unpaired) electrons. The van der Waals surface area contributed by atoms with E-state index in [4.69, 9.17) is 15.3 Å². The van der Waals surface area contributed by atoms with Gasteiger partial charge in [0.25, 0.3) is 0 Å². The van der Waals surface area contributed by atoms with Crippen molar-refractivity contribution in [1.82, 2.24) is 0 Å². The average molecular weight is 445 g/mol. The second-order valence-corrected chi connectivity index (χ2v) is 12.3. The number of esters is 1. The number of ether oxygens (including phenoxy) is 1. The van der Waals surface area contributed by atoms with Crippen LogP contribution in [0.15, 0.2) is 0 Å². The van der Waals surface area contributed by atoms with Crippen molar-refractivity contribution in [2.45, 2.75) is 47.2 Å². The third kappa shape index (κ3) is 5.53. The Balaban J connectivity index is 0.000000198. The summed E-state index contributed by atoms with van der Waals surface area (Å²) in [6, 6.07) is 4.20. The molecule has 0 aromatic rings. The van der Waals surface area contributed by atoms with Crippen molar-refractivity contribution in [2.75, 3.05) is 29.6 Å². The van der Waals surface area contributed by atoms with Crippen LogP contribution in [0.4, 0.5) is 0 Å². The van der Waals surface area contributed by atoms with Crippen LogP contribution < -0.4 is 0 Å². The third-order valence-corrected chi connectivity index (χ3v) is 11.5. The number of thioether (sulfide) groups is 4. The molecule has 1 atom stereocenters. The van der Waals surface area contributed by atoms with Gasteiger partial charge in [0, 0.05) is 29.4 Å². The molecular weight excluding hydrogens is 420 g/mol. The molecule has 2 aliphatic heterocycles. The Hall–Kier alpha value is -0.480. The van der Waals surface area contributed by atoms with Crippen molar-refractivity contribution >= 4 is 58.8 Å². The van der Waals surface area contributed by atoms with Gasteiger partial charge in [0.1, 0.15) is 10.00 Å². The van der Waals surface area contributed by atoms with Gasteiger partial charge >= 0.3 is 5.97 Å². The minimum absolute atomic E-state index is 0.115. The summed E-state index contributed by atoms with van der Waals surface area (Å²) in [6.07, 6.45) is 3.71. The number of hydrogen-bond acceptors (Lipinski definition) is 9. The third-order valence-electron chi connectivity index (χ3n) is 4.50. The molecule has 1 saturated carbocycles. The van der Waals surface area contributed by atoms with E-state index in [9.17, 15) is 9.59 Å². The summed E-state index contributed by atoms with van der Waals surface area (Å²) in [5.41, 5.74) is 0. The lowest BCUT2D eigenvalue weighted by molar-refractivity contribution is -0.143. The largest absolute Gasteiger partial charge is 0.464 e. The van der Waals surface area contributed by atoms with Crippen LogP contribution in [-0.2, 0) is 14.3 Å². The zero-order valence-electron chi connectivity index (χ0n) is 15.4. The second kappa shape index (κ2) is 10.9. The Bertz CT molecular complexity index is 617. The van der Waals surface area contributed by atoms with Crippen molar-refractivity contribution < 1.29 is 14.3 Å². The van der Waals surface area contributed by atoms with E-state index in [1.54, 1.807) is 47.0 Å². The average Bonchev–Trinajstić information content (AvgIpc) is 3.40. The first-order valence-corrected chi connectivity index (χ1v) is 13.0. The SMILES string of the molecule is CCOC(=O)C1(CCCC#N)SCCS1.N#CC1CCC2(SCCS2)C1=O. The highest BCUT2D eigenvalue weighted by Crippen LogP contribution is 2.53. The van der Waals surface area contributed by atoms with E-state index in [2.05, 4.69) is 12.1 Å². The van der Waals surface area contributed by atoms with Crippen LogP contribution in [0.2, 0.25) is 0 Å². The maximum atomic E-state index is 11.8. The summed E-state index contributed by atoms with van der Waals surface area (Å²) in [5, 5.41) is 17.2. The minimum atomic E-state index is -0.424. The molecule has 0 amide bonds. The van der Waals surface area contributed by atoms with E-state index in [1.807, 2.05) is 6.92 Å². The van der Waals surface area contributed by atoms with E-state index >= 15 is 0 Å². The van der Waals surface area contributed by atoms with Gasteiger partial charge in [-0.25, -0.2) is 4.79 Å². The molecule has 2 saturated heterocycles. The number of ketones is 1. The summed E-state index contributed by atoms with van der Waals surface area (Å²) in [6.45, 7) is 2.26. The summed E-state index contributed by atoms with van der Waals surface area (Å²) >= 11 is 6.82. The predicted molar refractivity (Wildman–Crippen MR) is 115 cm³/mol. The van der Waals surface area contributed by atoms with Gasteiger partial charge in [-0.1, -0.05) is 0 Å². The molecule has 0 bridgehead atoms.